The number of nitrogens with zero attached hydrogens (tertiary/aromatic N) is 1. The lowest BCUT2D eigenvalue weighted by molar-refractivity contribution is 0.0830. The standard InChI is InChI=1S/C6H2Cl2FNO/c7-3-1-4(8)5(6(9)11)10-2-3/h1-2H. The molecule has 0 aromatic carbocycles. The number of halogens is 3. The van der Waals surface area contributed by atoms with Gasteiger partial charge in [0.25, 0.3) is 0 Å². The molecule has 58 valence electrons. The van der Waals surface area contributed by atoms with E-state index >= 15 is 0 Å². The van der Waals surface area contributed by atoms with Crippen LogP contribution in [0.4, 0.5) is 4.39 Å². The Balaban J connectivity index is 3.20. The normalized spacial score (nSPS) is 9.73. The highest BCUT2D eigenvalue weighted by Gasteiger charge is 2.10. The van der Waals surface area contributed by atoms with Crippen LogP contribution in [0, 0.1) is 0 Å². The summed E-state index contributed by atoms with van der Waals surface area (Å²) < 4.78 is 12.0. The molecule has 0 bridgehead atoms. The van der Waals surface area contributed by atoms with E-state index in [9.17, 15) is 9.18 Å². The van der Waals surface area contributed by atoms with Crippen molar-refractivity contribution >= 4 is 29.2 Å². The minimum absolute atomic E-state index is 0.0787. The predicted molar refractivity (Wildman–Crippen MR) is 39.7 cm³/mol. The summed E-state index contributed by atoms with van der Waals surface area (Å²) in [6.07, 6.45) is 1.15. The molecule has 0 radical (unpaired) electrons. The third kappa shape index (κ3) is 1.88. The summed E-state index contributed by atoms with van der Waals surface area (Å²) in [5, 5.41) is 0.185. The van der Waals surface area contributed by atoms with Crippen molar-refractivity contribution in [3.63, 3.8) is 0 Å². The molecule has 1 rings (SSSR count). The minimum atomic E-state index is -1.66. The molecule has 0 amide bonds. The Hall–Kier alpha value is -0.670. The van der Waals surface area contributed by atoms with Crippen LogP contribution in [0.5, 0.6) is 0 Å². The lowest BCUT2D eigenvalue weighted by Crippen LogP contribution is -1.95. The summed E-state index contributed by atoms with van der Waals surface area (Å²) in [5.74, 6) is 0. The van der Waals surface area contributed by atoms with E-state index in [-0.39, 0.29) is 10.0 Å². The maximum absolute atomic E-state index is 12.0. The van der Waals surface area contributed by atoms with E-state index < -0.39 is 11.7 Å². The van der Waals surface area contributed by atoms with Gasteiger partial charge in [-0.3, -0.25) is 4.79 Å². The summed E-state index contributed by atoms with van der Waals surface area (Å²) in [7, 11) is 0. The van der Waals surface area contributed by atoms with Gasteiger partial charge < -0.3 is 0 Å². The zero-order valence-electron chi connectivity index (χ0n) is 5.14. The van der Waals surface area contributed by atoms with Crippen LogP contribution in [0.1, 0.15) is 10.5 Å². The van der Waals surface area contributed by atoms with E-state index in [0.717, 1.165) is 6.20 Å². The zero-order valence-corrected chi connectivity index (χ0v) is 6.66. The largest absolute Gasteiger partial charge is 0.351 e. The fourth-order valence-electron chi connectivity index (χ4n) is 0.559. The smallest absolute Gasteiger partial charge is 0.253 e. The SMILES string of the molecule is O=C(F)c1ncc(Cl)cc1Cl. The van der Waals surface area contributed by atoms with Crippen molar-refractivity contribution in [1.29, 1.82) is 0 Å². The van der Waals surface area contributed by atoms with Gasteiger partial charge in [0.15, 0.2) is 5.69 Å². The highest BCUT2D eigenvalue weighted by Crippen LogP contribution is 2.18. The highest BCUT2D eigenvalue weighted by atomic mass is 35.5. The van der Waals surface area contributed by atoms with Gasteiger partial charge in [0.1, 0.15) is 0 Å². The Kier molecular flexibility index (Phi) is 2.42. The van der Waals surface area contributed by atoms with Crippen molar-refractivity contribution in [2.24, 2.45) is 0 Å². The van der Waals surface area contributed by atoms with E-state index in [2.05, 4.69) is 4.98 Å². The molecule has 11 heavy (non-hydrogen) atoms. The molecule has 0 unspecified atom stereocenters. The first-order chi connectivity index (χ1) is 5.11. The monoisotopic (exact) mass is 193 g/mol. The number of rotatable bonds is 1. The number of pyridine rings is 1. The quantitative estimate of drug-likeness (QED) is 0.642. The van der Waals surface area contributed by atoms with E-state index in [1.165, 1.54) is 6.07 Å². The molecule has 0 spiro atoms. The third-order valence-corrected chi connectivity index (χ3v) is 1.49. The van der Waals surface area contributed by atoms with Gasteiger partial charge in [0.2, 0.25) is 0 Å². The van der Waals surface area contributed by atoms with E-state index in [4.69, 9.17) is 23.2 Å². The van der Waals surface area contributed by atoms with Gasteiger partial charge in [-0.25, -0.2) is 4.98 Å². The van der Waals surface area contributed by atoms with Gasteiger partial charge in [0.05, 0.1) is 10.0 Å². The first-order valence-electron chi connectivity index (χ1n) is 2.62. The Labute approximate surface area is 71.9 Å². The van der Waals surface area contributed by atoms with E-state index in [1.54, 1.807) is 0 Å². The number of carbonyl (C=O) groups excluding carboxylic acids is 1. The molecule has 0 fully saturated rings. The maximum atomic E-state index is 12.0. The summed E-state index contributed by atoms with van der Waals surface area (Å²) in [5.41, 5.74) is -0.406. The number of hydrogen-bond donors (Lipinski definition) is 0. The van der Waals surface area contributed by atoms with Crippen LogP contribution in [-0.4, -0.2) is 11.0 Å². The zero-order chi connectivity index (χ0) is 8.43. The lowest BCUT2D eigenvalue weighted by Gasteiger charge is -1.94. The second-order valence-electron chi connectivity index (χ2n) is 1.76. The van der Waals surface area contributed by atoms with Crippen molar-refractivity contribution in [3.05, 3.63) is 28.0 Å². The topological polar surface area (TPSA) is 30.0 Å². The second-order valence-corrected chi connectivity index (χ2v) is 2.60. The van der Waals surface area contributed by atoms with Crippen LogP contribution in [-0.2, 0) is 0 Å². The molecule has 0 saturated carbocycles. The van der Waals surface area contributed by atoms with Crippen molar-refractivity contribution in [2.45, 2.75) is 0 Å². The number of aromatic nitrogens is 1. The maximum Gasteiger partial charge on any atom is 0.351 e. The van der Waals surface area contributed by atoms with Crippen LogP contribution < -0.4 is 0 Å². The van der Waals surface area contributed by atoms with Crippen LogP contribution in [0.2, 0.25) is 10.0 Å². The Morgan fingerprint density at radius 2 is 2.18 bits per heavy atom. The average molecular weight is 194 g/mol. The van der Waals surface area contributed by atoms with Crippen LogP contribution in [0.25, 0.3) is 0 Å². The lowest BCUT2D eigenvalue weighted by atomic mass is 10.4. The Morgan fingerprint density at radius 3 is 2.64 bits per heavy atom. The fraction of sp³-hybridized carbons (Fsp3) is 0. The number of carbonyl (C=O) groups is 1. The second kappa shape index (κ2) is 3.15. The summed E-state index contributed by atoms with van der Waals surface area (Å²) in [6, 6.07) is -0.408. The van der Waals surface area contributed by atoms with Crippen LogP contribution >= 0.6 is 23.2 Å². The molecule has 2 nitrogen and oxygen atoms in total. The van der Waals surface area contributed by atoms with Crippen molar-refractivity contribution < 1.29 is 9.18 Å². The number of hydrogen-bond acceptors (Lipinski definition) is 2. The first kappa shape index (κ1) is 8.43. The van der Waals surface area contributed by atoms with Gasteiger partial charge in [-0.2, -0.15) is 4.39 Å². The van der Waals surface area contributed by atoms with Gasteiger partial charge in [-0.15, -0.1) is 0 Å². The first-order valence-corrected chi connectivity index (χ1v) is 3.37. The Bertz CT molecular complexity index is 303. The van der Waals surface area contributed by atoms with E-state index in [1.807, 2.05) is 0 Å². The molecular formula is C6H2Cl2FNO. The molecule has 1 aromatic heterocycles. The van der Waals surface area contributed by atoms with Crippen molar-refractivity contribution in [1.82, 2.24) is 4.98 Å². The van der Waals surface area contributed by atoms with Crippen LogP contribution in [0.15, 0.2) is 12.3 Å². The Morgan fingerprint density at radius 1 is 1.55 bits per heavy atom. The van der Waals surface area contributed by atoms with Gasteiger partial charge in [-0.05, 0) is 6.07 Å². The minimum Gasteiger partial charge on any atom is -0.253 e. The predicted octanol–water partition coefficient (Wildman–Crippen LogP) is 2.50. The average Bonchev–Trinajstić information content (AvgIpc) is 1.85. The van der Waals surface area contributed by atoms with Gasteiger partial charge >= 0.3 is 6.04 Å². The summed E-state index contributed by atoms with van der Waals surface area (Å²) in [4.78, 5) is 13.5. The molecule has 1 heterocycles. The summed E-state index contributed by atoms with van der Waals surface area (Å²) in [6.45, 7) is 0. The fourth-order valence-corrected chi connectivity index (χ4v) is 1.01. The van der Waals surface area contributed by atoms with E-state index in [0.29, 0.717) is 0 Å². The molecular weight excluding hydrogens is 192 g/mol. The third-order valence-electron chi connectivity index (χ3n) is 0.994. The molecule has 0 aliphatic rings. The van der Waals surface area contributed by atoms with Crippen molar-refractivity contribution in [2.75, 3.05) is 0 Å². The van der Waals surface area contributed by atoms with Gasteiger partial charge in [0, 0.05) is 6.20 Å². The molecule has 0 saturated heterocycles. The van der Waals surface area contributed by atoms with Crippen LogP contribution in [0.3, 0.4) is 0 Å². The molecule has 5 heteroatoms. The molecule has 1 aromatic rings. The highest BCUT2D eigenvalue weighted by molar-refractivity contribution is 6.36. The molecule has 0 atom stereocenters. The van der Waals surface area contributed by atoms with Crippen molar-refractivity contribution in [3.8, 4) is 0 Å². The molecule has 0 aliphatic carbocycles. The molecule has 0 aliphatic heterocycles. The summed E-state index contributed by atoms with van der Waals surface area (Å²) >= 11 is 10.9. The van der Waals surface area contributed by atoms with Gasteiger partial charge in [-0.1, -0.05) is 23.2 Å². The molecule has 0 N–H and O–H groups in total.